The van der Waals surface area contributed by atoms with Gasteiger partial charge < -0.3 is 5.73 Å². The second-order valence-corrected chi connectivity index (χ2v) is 3.56. The van der Waals surface area contributed by atoms with E-state index in [2.05, 4.69) is 20.9 Å². The first kappa shape index (κ1) is 11.3. The summed E-state index contributed by atoms with van der Waals surface area (Å²) in [6, 6.07) is 1.10. The van der Waals surface area contributed by atoms with Crippen molar-refractivity contribution >= 4 is 38.6 Å². The summed E-state index contributed by atoms with van der Waals surface area (Å²) in [6.07, 6.45) is -2.75. The van der Waals surface area contributed by atoms with Gasteiger partial charge in [-0.25, -0.2) is 13.8 Å². The van der Waals surface area contributed by atoms with Gasteiger partial charge >= 0.3 is 0 Å². The van der Waals surface area contributed by atoms with Crippen LogP contribution in [0.3, 0.4) is 0 Å². The van der Waals surface area contributed by atoms with Crippen LogP contribution in [-0.2, 0) is 0 Å². The zero-order valence-electron chi connectivity index (χ0n) is 6.60. The molecule has 7 heteroatoms. The van der Waals surface area contributed by atoms with E-state index in [-0.39, 0.29) is 10.2 Å². The largest absolute Gasteiger partial charge is 0.383 e. The zero-order chi connectivity index (χ0) is 10.9. The molecule has 0 amide bonds. The molecule has 2 N–H and O–H groups in total. The standard InChI is InChI=1S/C7H4BrClF2N2O/c8-2-1-3(5(9)14)13-7(12)4(2)6(10)11/h1,6H,(H2,12,13). The lowest BCUT2D eigenvalue weighted by Gasteiger charge is -2.07. The number of carbonyl (C=O) groups is 1. The number of carbonyl (C=O) groups excluding carboxylic acids is 1. The highest BCUT2D eigenvalue weighted by Crippen LogP contribution is 2.31. The first-order valence-corrected chi connectivity index (χ1v) is 4.54. The molecule has 1 rings (SSSR count). The molecule has 0 atom stereocenters. The van der Waals surface area contributed by atoms with E-state index < -0.39 is 23.0 Å². The molecule has 0 fully saturated rings. The van der Waals surface area contributed by atoms with Gasteiger partial charge in [0, 0.05) is 4.47 Å². The lowest BCUT2D eigenvalue weighted by Crippen LogP contribution is -2.04. The maximum atomic E-state index is 12.4. The minimum absolute atomic E-state index is 0.0176. The molecule has 1 aromatic heterocycles. The summed E-state index contributed by atoms with van der Waals surface area (Å²) >= 11 is 7.97. The molecule has 3 nitrogen and oxygen atoms in total. The second-order valence-electron chi connectivity index (χ2n) is 2.36. The van der Waals surface area contributed by atoms with Crippen molar-refractivity contribution in [2.75, 3.05) is 5.73 Å². The Morgan fingerprint density at radius 1 is 1.64 bits per heavy atom. The Morgan fingerprint density at radius 3 is 2.57 bits per heavy atom. The van der Waals surface area contributed by atoms with E-state index in [1.165, 1.54) is 0 Å². The maximum absolute atomic E-state index is 12.4. The van der Waals surface area contributed by atoms with Gasteiger partial charge in [-0.05, 0) is 17.7 Å². The number of hydrogen-bond acceptors (Lipinski definition) is 3. The molecule has 0 radical (unpaired) electrons. The number of nitrogens with two attached hydrogens (primary N) is 1. The number of hydrogen-bond donors (Lipinski definition) is 1. The van der Waals surface area contributed by atoms with Gasteiger partial charge in [0.25, 0.3) is 11.7 Å². The third-order valence-corrected chi connectivity index (χ3v) is 2.31. The van der Waals surface area contributed by atoms with Crippen molar-refractivity contribution in [3.63, 3.8) is 0 Å². The Kier molecular flexibility index (Phi) is 3.38. The average Bonchev–Trinajstić information content (AvgIpc) is 2.01. The van der Waals surface area contributed by atoms with Crippen molar-refractivity contribution in [1.29, 1.82) is 0 Å². The van der Waals surface area contributed by atoms with Crippen LogP contribution in [0, 0.1) is 0 Å². The molecule has 0 aliphatic rings. The van der Waals surface area contributed by atoms with Crippen molar-refractivity contribution in [2.45, 2.75) is 6.43 Å². The minimum atomic E-state index is -2.75. The Labute approximate surface area is 91.4 Å². The molecule has 0 bridgehead atoms. The molecule has 0 saturated carbocycles. The summed E-state index contributed by atoms with van der Waals surface area (Å²) in [5, 5.41) is -0.849. The van der Waals surface area contributed by atoms with Gasteiger partial charge in [-0.3, -0.25) is 4.79 Å². The van der Waals surface area contributed by atoms with Gasteiger partial charge in [-0.1, -0.05) is 15.9 Å². The predicted molar refractivity (Wildman–Crippen MR) is 51.5 cm³/mol. The Bertz CT molecular complexity index is 363. The van der Waals surface area contributed by atoms with Crippen LogP contribution in [0.2, 0.25) is 0 Å². The van der Waals surface area contributed by atoms with E-state index in [1.54, 1.807) is 0 Å². The number of halogens is 4. The smallest absolute Gasteiger partial charge is 0.270 e. The molecular weight excluding hydrogens is 281 g/mol. The first-order chi connectivity index (χ1) is 6.43. The van der Waals surface area contributed by atoms with Crippen LogP contribution in [-0.4, -0.2) is 10.2 Å². The topological polar surface area (TPSA) is 56.0 Å². The summed E-state index contributed by atoms with van der Waals surface area (Å²) in [5.41, 5.74) is 4.62. The lowest BCUT2D eigenvalue weighted by atomic mass is 10.2. The van der Waals surface area contributed by atoms with Crippen molar-refractivity contribution in [1.82, 2.24) is 4.98 Å². The lowest BCUT2D eigenvalue weighted by molar-refractivity contribution is 0.107. The van der Waals surface area contributed by atoms with Gasteiger partial charge in [0.05, 0.1) is 5.56 Å². The quantitative estimate of drug-likeness (QED) is 0.850. The number of rotatable bonds is 2. The Morgan fingerprint density at radius 2 is 2.21 bits per heavy atom. The van der Waals surface area contributed by atoms with E-state index in [9.17, 15) is 13.6 Å². The number of nitrogens with zero attached hydrogens (tertiary/aromatic N) is 1. The van der Waals surface area contributed by atoms with Gasteiger partial charge in [0.15, 0.2) is 0 Å². The summed E-state index contributed by atoms with van der Waals surface area (Å²) in [5.74, 6) is -0.404. The van der Waals surface area contributed by atoms with Gasteiger partial charge in [0.2, 0.25) is 0 Å². The molecule has 0 aliphatic heterocycles. The van der Waals surface area contributed by atoms with E-state index in [1.807, 2.05) is 0 Å². The van der Waals surface area contributed by atoms with E-state index >= 15 is 0 Å². The van der Waals surface area contributed by atoms with Crippen molar-refractivity contribution in [2.24, 2.45) is 0 Å². The summed E-state index contributed by atoms with van der Waals surface area (Å²) in [4.78, 5) is 14.1. The van der Waals surface area contributed by atoms with Crippen LogP contribution in [0.1, 0.15) is 22.5 Å². The number of nitrogen functional groups attached to an aromatic ring is 1. The van der Waals surface area contributed by atoms with E-state index in [0.717, 1.165) is 6.07 Å². The number of alkyl halides is 2. The summed E-state index contributed by atoms with van der Waals surface area (Å²) < 4.78 is 24.7. The molecule has 0 aromatic carbocycles. The van der Waals surface area contributed by atoms with Crippen LogP contribution >= 0.6 is 27.5 Å². The second kappa shape index (κ2) is 4.18. The number of pyridine rings is 1. The molecule has 0 unspecified atom stereocenters. The van der Waals surface area contributed by atoms with Crippen molar-refractivity contribution in [3.8, 4) is 0 Å². The maximum Gasteiger partial charge on any atom is 0.270 e. The minimum Gasteiger partial charge on any atom is -0.383 e. The molecule has 1 heterocycles. The SMILES string of the molecule is Nc1nc(C(=O)Cl)cc(Br)c1C(F)F. The van der Waals surface area contributed by atoms with Gasteiger partial charge in [-0.2, -0.15) is 0 Å². The van der Waals surface area contributed by atoms with Crippen LogP contribution in [0.4, 0.5) is 14.6 Å². The normalized spacial score (nSPS) is 10.6. The highest BCUT2D eigenvalue weighted by molar-refractivity contribution is 9.10. The number of aromatic nitrogens is 1. The summed E-state index contributed by atoms with van der Waals surface area (Å²) in [6.45, 7) is 0. The first-order valence-electron chi connectivity index (χ1n) is 3.37. The Balaban J connectivity index is 3.32. The predicted octanol–water partition coefficient (Wildman–Crippen LogP) is 2.74. The van der Waals surface area contributed by atoms with Crippen LogP contribution < -0.4 is 5.73 Å². The third kappa shape index (κ3) is 2.19. The molecular formula is C7H4BrClF2N2O. The average molecular weight is 285 g/mol. The van der Waals surface area contributed by atoms with Crippen LogP contribution in [0.25, 0.3) is 0 Å². The molecule has 1 aromatic rings. The molecule has 0 spiro atoms. The monoisotopic (exact) mass is 284 g/mol. The summed E-state index contributed by atoms with van der Waals surface area (Å²) in [7, 11) is 0. The van der Waals surface area contributed by atoms with Crippen molar-refractivity contribution in [3.05, 3.63) is 21.8 Å². The molecule has 0 aliphatic carbocycles. The van der Waals surface area contributed by atoms with E-state index in [4.69, 9.17) is 17.3 Å². The van der Waals surface area contributed by atoms with Gasteiger partial charge in [0.1, 0.15) is 11.5 Å². The zero-order valence-corrected chi connectivity index (χ0v) is 8.94. The Hall–Kier alpha value is -0.750. The molecule has 76 valence electrons. The fraction of sp³-hybridized carbons (Fsp3) is 0.143. The van der Waals surface area contributed by atoms with E-state index in [0.29, 0.717) is 0 Å². The number of anilines is 1. The highest BCUT2D eigenvalue weighted by Gasteiger charge is 2.19. The van der Waals surface area contributed by atoms with Crippen LogP contribution in [0.5, 0.6) is 0 Å². The highest BCUT2D eigenvalue weighted by atomic mass is 79.9. The molecule has 14 heavy (non-hydrogen) atoms. The molecule has 0 saturated heterocycles. The van der Waals surface area contributed by atoms with Crippen LogP contribution in [0.15, 0.2) is 10.5 Å². The van der Waals surface area contributed by atoms with Gasteiger partial charge in [-0.15, -0.1) is 0 Å². The third-order valence-electron chi connectivity index (χ3n) is 1.46. The fourth-order valence-electron chi connectivity index (χ4n) is 0.859. The van der Waals surface area contributed by atoms with Crippen molar-refractivity contribution < 1.29 is 13.6 Å². The fourth-order valence-corrected chi connectivity index (χ4v) is 1.55.